The average molecular weight is 336 g/mol. The molecule has 0 unspecified atom stereocenters. The van der Waals surface area contributed by atoms with E-state index in [-0.39, 0.29) is 22.9 Å². The van der Waals surface area contributed by atoms with E-state index in [1.54, 1.807) is 6.92 Å². The van der Waals surface area contributed by atoms with Gasteiger partial charge in [0.05, 0.1) is 22.9 Å². The van der Waals surface area contributed by atoms with Gasteiger partial charge in [-0.2, -0.15) is 0 Å². The molecule has 0 aromatic heterocycles. The van der Waals surface area contributed by atoms with Crippen molar-refractivity contribution >= 4 is 39.3 Å². The summed E-state index contributed by atoms with van der Waals surface area (Å²) in [6, 6.07) is 2.10. The summed E-state index contributed by atoms with van der Waals surface area (Å²) in [7, 11) is -2.76. The van der Waals surface area contributed by atoms with Crippen molar-refractivity contribution in [3.63, 3.8) is 0 Å². The van der Waals surface area contributed by atoms with Gasteiger partial charge in [0.1, 0.15) is 4.90 Å². The fraction of sp³-hybridized carbons (Fsp3) is 0.273. The van der Waals surface area contributed by atoms with E-state index in [2.05, 4.69) is 15.4 Å². The standard InChI is InChI=1S/C11H14ClN3O5S/c1-3-20-11(17)15-8-5-7(12)9(21(13,18)19)4-6(8)10(16)14-2/h4-5H,3H2,1-2H3,(H,14,16)(H,15,17)(H2,13,18,19). The number of rotatable bonds is 4. The zero-order valence-electron chi connectivity index (χ0n) is 11.3. The molecule has 0 radical (unpaired) electrons. The number of carbonyl (C=O) groups excluding carboxylic acids is 2. The molecule has 0 fully saturated rings. The Balaban J connectivity index is 3.40. The van der Waals surface area contributed by atoms with Crippen LogP contribution in [0.3, 0.4) is 0 Å². The van der Waals surface area contributed by atoms with E-state index in [0.717, 1.165) is 12.1 Å². The molecule has 0 aliphatic heterocycles. The number of hydrogen-bond donors (Lipinski definition) is 3. The highest BCUT2D eigenvalue weighted by atomic mass is 35.5. The van der Waals surface area contributed by atoms with Crippen molar-refractivity contribution < 1.29 is 22.7 Å². The smallest absolute Gasteiger partial charge is 0.411 e. The Morgan fingerprint density at radius 3 is 2.48 bits per heavy atom. The van der Waals surface area contributed by atoms with Crippen molar-refractivity contribution in [3.8, 4) is 0 Å². The van der Waals surface area contributed by atoms with Crippen molar-refractivity contribution in [3.05, 3.63) is 22.7 Å². The van der Waals surface area contributed by atoms with E-state index in [0.29, 0.717) is 0 Å². The zero-order valence-corrected chi connectivity index (χ0v) is 12.8. The molecule has 0 spiro atoms. The third kappa shape index (κ3) is 4.31. The first-order valence-electron chi connectivity index (χ1n) is 5.72. The minimum Gasteiger partial charge on any atom is -0.450 e. The van der Waals surface area contributed by atoms with Crippen molar-refractivity contribution in [2.24, 2.45) is 5.14 Å². The van der Waals surface area contributed by atoms with Crippen LogP contribution in [0.15, 0.2) is 17.0 Å². The average Bonchev–Trinajstić information content (AvgIpc) is 2.36. The minimum atomic E-state index is -4.11. The first kappa shape index (κ1) is 17.2. The number of sulfonamides is 1. The highest BCUT2D eigenvalue weighted by Gasteiger charge is 2.21. The molecule has 1 rings (SSSR count). The van der Waals surface area contributed by atoms with Crippen LogP contribution in [0.4, 0.5) is 10.5 Å². The van der Waals surface area contributed by atoms with E-state index in [4.69, 9.17) is 16.7 Å². The molecule has 116 valence electrons. The molecule has 10 heteroatoms. The maximum atomic E-state index is 11.8. The second-order valence-electron chi connectivity index (χ2n) is 3.80. The summed E-state index contributed by atoms with van der Waals surface area (Å²) in [6.45, 7) is 1.74. The summed E-state index contributed by atoms with van der Waals surface area (Å²) in [4.78, 5) is 22.8. The quantitative estimate of drug-likeness (QED) is 0.753. The molecule has 1 aromatic carbocycles. The lowest BCUT2D eigenvalue weighted by molar-refractivity contribution is 0.0963. The van der Waals surface area contributed by atoms with Crippen LogP contribution < -0.4 is 15.8 Å². The van der Waals surface area contributed by atoms with Gasteiger partial charge in [-0.1, -0.05) is 11.6 Å². The van der Waals surface area contributed by atoms with E-state index in [1.807, 2.05) is 0 Å². The SMILES string of the molecule is CCOC(=O)Nc1cc(Cl)c(S(N)(=O)=O)cc1C(=O)NC. The Bertz CT molecular complexity index is 675. The monoisotopic (exact) mass is 335 g/mol. The molecule has 4 N–H and O–H groups in total. The lowest BCUT2D eigenvalue weighted by Gasteiger charge is -2.12. The van der Waals surface area contributed by atoms with Crippen LogP contribution in [0.25, 0.3) is 0 Å². The summed E-state index contributed by atoms with van der Waals surface area (Å²) in [6.07, 6.45) is -0.804. The molecule has 21 heavy (non-hydrogen) atoms. The van der Waals surface area contributed by atoms with Crippen molar-refractivity contribution in [2.75, 3.05) is 19.0 Å². The lowest BCUT2D eigenvalue weighted by Crippen LogP contribution is -2.23. The fourth-order valence-corrected chi connectivity index (χ4v) is 2.57. The van der Waals surface area contributed by atoms with Gasteiger partial charge >= 0.3 is 6.09 Å². The van der Waals surface area contributed by atoms with Gasteiger partial charge < -0.3 is 10.1 Å². The van der Waals surface area contributed by atoms with Crippen molar-refractivity contribution in [2.45, 2.75) is 11.8 Å². The Morgan fingerprint density at radius 1 is 1.38 bits per heavy atom. The summed E-state index contributed by atoms with van der Waals surface area (Å²) in [5.74, 6) is -0.622. The molecule has 0 atom stereocenters. The molecule has 0 bridgehead atoms. The lowest BCUT2D eigenvalue weighted by atomic mass is 10.1. The van der Waals surface area contributed by atoms with Gasteiger partial charge in [0.2, 0.25) is 10.0 Å². The first-order valence-corrected chi connectivity index (χ1v) is 7.65. The van der Waals surface area contributed by atoms with Crippen molar-refractivity contribution in [1.82, 2.24) is 5.32 Å². The van der Waals surface area contributed by atoms with Gasteiger partial charge in [-0.25, -0.2) is 18.4 Å². The van der Waals surface area contributed by atoms with Crippen LogP contribution in [0.2, 0.25) is 5.02 Å². The van der Waals surface area contributed by atoms with Crippen LogP contribution in [-0.4, -0.2) is 34.1 Å². The molecule has 0 saturated carbocycles. The number of carbonyl (C=O) groups is 2. The number of anilines is 1. The largest absolute Gasteiger partial charge is 0.450 e. The third-order valence-electron chi connectivity index (χ3n) is 2.36. The molecule has 0 heterocycles. The number of nitrogens with two attached hydrogens (primary N) is 1. The number of benzene rings is 1. The highest BCUT2D eigenvalue weighted by molar-refractivity contribution is 7.89. The molecule has 0 saturated heterocycles. The van der Waals surface area contributed by atoms with Crippen molar-refractivity contribution in [1.29, 1.82) is 0 Å². The predicted molar refractivity (Wildman–Crippen MR) is 76.9 cm³/mol. The number of amides is 2. The Morgan fingerprint density at radius 2 is 2.00 bits per heavy atom. The van der Waals surface area contributed by atoms with E-state index in [9.17, 15) is 18.0 Å². The molecule has 0 aliphatic rings. The second kappa shape index (κ2) is 6.74. The Hall–Kier alpha value is -1.84. The maximum absolute atomic E-state index is 11.8. The third-order valence-corrected chi connectivity index (χ3v) is 3.74. The van der Waals surface area contributed by atoms with Gasteiger partial charge in [-0.15, -0.1) is 0 Å². The predicted octanol–water partition coefficient (Wildman–Crippen LogP) is 0.915. The number of primary sulfonamides is 1. The van der Waals surface area contributed by atoms with Gasteiger partial charge in [-0.3, -0.25) is 10.1 Å². The maximum Gasteiger partial charge on any atom is 0.411 e. The van der Waals surface area contributed by atoms with Gasteiger partial charge in [0.25, 0.3) is 5.91 Å². The van der Waals surface area contributed by atoms with Gasteiger partial charge in [0.15, 0.2) is 0 Å². The number of hydrogen-bond acceptors (Lipinski definition) is 5. The van der Waals surface area contributed by atoms with Gasteiger partial charge in [-0.05, 0) is 19.1 Å². The Labute approximate surface area is 126 Å². The normalized spacial score (nSPS) is 10.9. The highest BCUT2D eigenvalue weighted by Crippen LogP contribution is 2.28. The van der Waals surface area contributed by atoms with Crippen LogP contribution in [0.5, 0.6) is 0 Å². The molecule has 2 amide bonds. The molecular formula is C11H14ClN3O5S. The first-order chi connectivity index (χ1) is 9.70. The summed E-state index contributed by atoms with van der Waals surface area (Å²) >= 11 is 5.81. The van der Waals surface area contributed by atoms with E-state index >= 15 is 0 Å². The van der Waals surface area contributed by atoms with E-state index in [1.165, 1.54) is 7.05 Å². The summed E-state index contributed by atoms with van der Waals surface area (Å²) in [5, 5.41) is 9.41. The molecule has 8 nitrogen and oxygen atoms in total. The fourth-order valence-electron chi connectivity index (χ4n) is 1.47. The van der Waals surface area contributed by atoms with E-state index < -0.39 is 26.9 Å². The number of ether oxygens (including phenoxy) is 1. The van der Waals surface area contributed by atoms with Gasteiger partial charge in [0, 0.05) is 7.05 Å². The molecular weight excluding hydrogens is 322 g/mol. The Kier molecular flexibility index (Phi) is 5.53. The zero-order chi connectivity index (χ0) is 16.2. The topological polar surface area (TPSA) is 128 Å². The molecule has 0 aliphatic carbocycles. The second-order valence-corrected chi connectivity index (χ2v) is 5.73. The number of nitrogens with one attached hydrogen (secondary N) is 2. The summed E-state index contributed by atoms with van der Waals surface area (Å²) < 4.78 is 27.5. The van der Waals surface area contributed by atoms with Crippen LogP contribution in [-0.2, 0) is 14.8 Å². The summed E-state index contributed by atoms with van der Waals surface area (Å²) in [5.41, 5.74) is -0.107. The minimum absolute atomic E-state index is 0.00481. The van der Waals surface area contributed by atoms with Crippen LogP contribution in [0.1, 0.15) is 17.3 Å². The van der Waals surface area contributed by atoms with Crippen LogP contribution >= 0.6 is 11.6 Å². The van der Waals surface area contributed by atoms with Crippen LogP contribution in [0, 0.1) is 0 Å². The molecule has 1 aromatic rings. The number of halogens is 1.